The molecule has 5 heteroatoms. The molecule has 0 radical (unpaired) electrons. The van der Waals surface area contributed by atoms with Gasteiger partial charge in [-0.25, -0.2) is 4.79 Å². The van der Waals surface area contributed by atoms with Gasteiger partial charge >= 0.3 is 5.63 Å². The van der Waals surface area contributed by atoms with Gasteiger partial charge in [-0.05, 0) is 31.4 Å². The molecule has 0 bridgehead atoms. The maximum atomic E-state index is 12.3. The Bertz CT molecular complexity index is 837. The van der Waals surface area contributed by atoms with Crippen molar-refractivity contribution in [3.8, 4) is 17.2 Å². The van der Waals surface area contributed by atoms with Crippen LogP contribution in [0.1, 0.15) is 78.1 Å². The monoisotopic (exact) mass is 416 g/mol. The van der Waals surface area contributed by atoms with E-state index in [0.29, 0.717) is 29.9 Å². The van der Waals surface area contributed by atoms with E-state index < -0.39 is 5.63 Å². The summed E-state index contributed by atoms with van der Waals surface area (Å²) in [7, 11) is 0. The average molecular weight is 417 g/mol. The fourth-order valence-electron chi connectivity index (χ4n) is 3.30. The first-order valence-corrected chi connectivity index (χ1v) is 11.4. The molecule has 0 amide bonds. The lowest BCUT2D eigenvalue weighted by molar-refractivity contribution is 0.275. The summed E-state index contributed by atoms with van der Waals surface area (Å²) >= 11 is 0. The number of benzene rings is 1. The molecule has 30 heavy (non-hydrogen) atoms. The minimum atomic E-state index is -0.664. The molecule has 0 spiro atoms. The summed E-state index contributed by atoms with van der Waals surface area (Å²) in [6.45, 7) is 5.24. The Morgan fingerprint density at radius 2 is 1.67 bits per heavy atom. The number of aromatic hydroxyl groups is 1. The first kappa shape index (κ1) is 23.8. The van der Waals surface area contributed by atoms with E-state index in [1.807, 2.05) is 0 Å². The Hall–Kier alpha value is -2.43. The van der Waals surface area contributed by atoms with E-state index in [4.69, 9.17) is 13.9 Å². The Morgan fingerprint density at radius 3 is 2.40 bits per heavy atom. The smallest absolute Gasteiger partial charge is 0.383 e. The van der Waals surface area contributed by atoms with Crippen LogP contribution in [0.3, 0.4) is 0 Å². The van der Waals surface area contributed by atoms with Gasteiger partial charge in [0.05, 0.1) is 18.6 Å². The summed E-state index contributed by atoms with van der Waals surface area (Å²) in [5, 5.41) is 10.9. The summed E-state index contributed by atoms with van der Waals surface area (Å²) < 4.78 is 16.6. The van der Waals surface area contributed by atoms with Crippen LogP contribution >= 0.6 is 0 Å². The molecule has 0 saturated carbocycles. The highest BCUT2D eigenvalue weighted by molar-refractivity contribution is 5.86. The van der Waals surface area contributed by atoms with E-state index in [0.717, 1.165) is 25.7 Å². The van der Waals surface area contributed by atoms with Crippen LogP contribution in [0.25, 0.3) is 11.0 Å². The van der Waals surface area contributed by atoms with Gasteiger partial charge in [-0.2, -0.15) is 0 Å². The van der Waals surface area contributed by atoms with Gasteiger partial charge in [0.25, 0.3) is 0 Å². The van der Waals surface area contributed by atoms with Crippen molar-refractivity contribution < 1.29 is 19.0 Å². The van der Waals surface area contributed by atoms with Gasteiger partial charge in [-0.3, -0.25) is 0 Å². The molecule has 0 aliphatic heterocycles. The Morgan fingerprint density at radius 1 is 0.933 bits per heavy atom. The molecule has 1 aromatic carbocycles. The maximum Gasteiger partial charge on any atom is 0.383 e. The van der Waals surface area contributed by atoms with Crippen LogP contribution in [0.15, 0.2) is 39.6 Å². The summed E-state index contributed by atoms with van der Waals surface area (Å²) in [5.74, 6) is 0.324. The fraction of sp³-hybridized carbons (Fsp3) is 0.560. The lowest BCUT2D eigenvalue weighted by Crippen LogP contribution is -2.08. The van der Waals surface area contributed by atoms with Crippen LogP contribution in [0.4, 0.5) is 0 Å². The van der Waals surface area contributed by atoms with Gasteiger partial charge in [-0.1, -0.05) is 70.9 Å². The minimum absolute atomic E-state index is 0.108. The third kappa shape index (κ3) is 7.77. The van der Waals surface area contributed by atoms with Crippen LogP contribution < -0.4 is 15.1 Å². The first-order valence-electron chi connectivity index (χ1n) is 11.4. The highest BCUT2D eigenvalue weighted by atomic mass is 16.5. The number of ether oxygens (including phenoxy) is 2. The molecule has 0 aliphatic carbocycles. The number of hydrogen-bond donors (Lipinski definition) is 1. The zero-order chi connectivity index (χ0) is 21.6. The molecule has 2 aromatic rings. The molecule has 0 aliphatic rings. The van der Waals surface area contributed by atoms with Gasteiger partial charge in [-0.15, -0.1) is 0 Å². The maximum absolute atomic E-state index is 12.3. The molecule has 1 aromatic heterocycles. The van der Waals surface area contributed by atoms with Gasteiger partial charge in [0, 0.05) is 6.07 Å². The van der Waals surface area contributed by atoms with E-state index in [1.54, 1.807) is 18.2 Å². The largest absolute Gasteiger partial charge is 0.504 e. The topological polar surface area (TPSA) is 68.9 Å². The number of allylic oxidation sites excluding steroid dienone is 1. The Balaban J connectivity index is 1.86. The molecule has 2 rings (SSSR count). The first-order chi connectivity index (χ1) is 14.7. The highest BCUT2D eigenvalue weighted by Gasteiger charge is 2.16. The Labute approximate surface area is 179 Å². The van der Waals surface area contributed by atoms with Gasteiger partial charge in [0.2, 0.25) is 5.75 Å². The number of unbranched alkanes of at least 4 members (excludes halogenated alkanes) is 7. The predicted molar refractivity (Wildman–Crippen MR) is 122 cm³/mol. The molecule has 0 saturated heterocycles. The molecule has 5 nitrogen and oxygen atoms in total. The molecular weight excluding hydrogens is 380 g/mol. The second kappa shape index (κ2) is 13.7. The molecule has 1 N–H and O–H groups in total. The van der Waals surface area contributed by atoms with Gasteiger partial charge < -0.3 is 19.0 Å². The zero-order valence-corrected chi connectivity index (χ0v) is 18.5. The SMILES string of the molecule is CCC=CCCOc1ccc2c(O)c(OCCCCCCCCCC)c(=O)oc2c1. The minimum Gasteiger partial charge on any atom is -0.504 e. The van der Waals surface area contributed by atoms with Crippen molar-refractivity contribution in [1.82, 2.24) is 0 Å². The zero-order valence-electron chi connectivity index (χ0n) is 18.5. The quantitative estimate of drug-likeness (QED) is 0.197. The number of hydrogen-bond acceptors (Lipinski definition) is 5. The van der Waals surface area contributed by atoms with Crippen LogP contribution in [0, 0.1) is 0 Å². The van der Waals surface area contributed by atoms with E-state index in [2.05, 4.69) is 26.0 Å². The second-order valence-corrected chi connectivity index (χ2v) is 7.57. The van der Waals surface area contributed by atoms with Crippen molar-refractivity contribution >= 4 is 11.0 Å². The van der Waals surface area contributed by atoms with E-state index in [9.17, 15) is 9.90 Å². The van der Waals surface area contributed by atoms with Crippen LogP contribution in [0.5, 0.6) is 17.2 Å². The summed E-state index contributed by atoms with van der Waals surface area (Å²) in [6, 6.07) is 5.07. The highest BCUT2D eigenvalue weighted by Crippen LogP contribution is 2.33. The van der Waals surface area contributed by atoms with Crippen molar-refractivity contribution in [2.75, 3.05) is 13.2 Å². The third-order valence-electron chi connectivity index (χ3n) is 5.01. The molecule has 166 valence electrons. The lowest BCUT2D eigenvalue weighted by atomic mass is 10.1. The van der Waals surface area contributed by atoms with Crippen molar-refractivity contribution in [1.29, 1.82) is 0 Å². The standard InChI is InChI=1S/C25H36O5/c1-3-5-7-9-10-11-12-14-18-29-24-23(26)21-16-15-20(19-22(21)30-25(24)27)28-17-13-8-6-4-2/h6,8,15-16,19,26H,3-5,7,9-14,17-18H2,1-2H3. The van der Waals surface area contributed by atoms with Crippen molar-refractivity contribution in [2.45, 2.75) is 78.1 Å². The van der Waals surface area contributed by atoms with E-state index in [-0.39, 0.29) is 11.5 Å². The van der Waals surface area contributed by atoms with Gasteiger partial charge in [0.15, 0.2) is 5.75 Å². The predicted octanol–water partition coefficient (Wildman–Crippen LogP) is 6.75. The molecule has 1 heterocycles. The number of rotatable bonds is 15. The Kier molecular flexibility index (Phi) is 10.9. The summed E-state index contributed by atoms with van der Waals surface area (Å²) in [6.07, 6.45) is 15.5. The normalized spacial score (nSPS) is 11.4. The van der Waals surface area contributed by atoms with Crippen molar-refractivity contribution in [2.24, 2.45) is 0 Å². The van der Waals surface area contributed by atoms with Crippen LogP contribution in [-0.2, 0) is 0 Å². The van der Waals surface area contributed by atoms with Crippen LogP contribution in [-0.4, -0.2) is 18.3 Å². The average Bonchev–Trinajstić information content (AvgIpc) is 2.74. The fourth-order valence-corrected chi connectivity index (χ4v) is 3.30. The molecule has 0 atom stereocenters. The summed E-state index contributed by atoms with van der Waals surface area (Å²) in [4.78, 5) is 12.3. The van der Waals surface area contributed by atoms with Crippen molar-refractivity contribution in [3.63, 3.8) is 0 Å². The van der Waals surface area contributed by atoms with Crippen LogP contribution in [0.2, 0.25) is 0 Å². The van der Waals surface area contributed by atoms with Crippen molar-refractivity contribution in [3.05, 3.63) is 40.8 Å². The molecular formula is C25H36O5. The third-order valence-corrected chi connectivity index (χ3v) is 5.01. The summed E-state index contributed by atoms with van der Waals surface area (Å²) in [5.41, 5.74) is -0.374. The van der Waals surface area contributed by atoms with E-state index in [1.165, 1.54) is 38.5 Å². The van der Waals surface area contributed by atoms with E-state index >= 15 is 0 Å². The second-order valence-electron chi connectivity index (χ2n) is 7.57. The lowest BCUT2D eigenvalue weighted by Gasteiger charge is -2.10. The molecule has 0 unspecified atom stereocenters. The van der Waals surface area contributed by atoms with Gasteiger partial charge in [0.1, 0.15) is 11.3 Å². The number of fused-ring (bicyclic) bond motifs is 1. The molecule has 0 fully saturated rings.